The summed E-state index contributed by atoms with van der Waals surface area (Å²) in [7, 11) is 0. The highest BCUT2D eigenvalue weighted by atomic mass is 16.2. The van der Waals surface area contributed by atoms with Crippen molar-refractivity contribution < 1.29 is 9.59 Å². The maximum Gasteiger partial charge on any atom is 0.240 e. The Morgan fingerprint density at radius 1 is 1.26 bits per heavy atom. The predicted molar refractivity (Wildman–Crippen MR) is 76.6 cm³/mol. The third-order valence-corrected chi connectivity index (χ3v) is 4.20. The van der Waals surface area contributed by atoms with Crippen LogP contribution in [0.25, 0.3) is 0 Å². The third-order valence-electron chi connectivity index (χ3n) is 4.20. The van der Waals surface area contributed by atoms with Crippen molar-refractivity contribution in [3.05, 3.63) is 0 Å². The first-order valence-electron chi connectivity index (χ1n) is 7.14. The molecule has 0 unspecified atom stereocenters. The SMILES string of the molecule is CC(=O)[C@@H]1[C@@H](C(C)C)CCN1C(=O)[C@@H](N)C(C)(C)C. The molecule has 1 saturated heterocycles. The highest BCUT2D eigenvalue weighted by molar-refractivity contribution is 5.90. The molecular weight excluding hydrogens is 240 g/mol. The standard InChI is InChI=1S/C15H28N2O2/c1-9(2)11-7-8-17(12(11)10(3)18)14(19)13(16)15(4,5)6/h9,11-13H,7-8,16H2,1-6H3/t11-,12-,13-/m1/s1. The monoisotopic (exact) mass is 268 g/mol. The maximum atomic E-state index is 12.5. The minimum absolute atomic E-state index is 0.0747. The molecule has 110 valence electrons. The molecule has 0 radical (unpaired) electrons. The van der Waals surface area contributed by atoms with Crippen LogP contribution in [0.15, 0.2) is 0 Å². The summed E-state index contributed by atoms with van der Waals surface area (Å²) in [6, 6.07) is -0.846. The number of likely N-dealkylation sites (tertiary alicyclic amines) is 1. The summed E-state index contributed by atoms with van der Waals surface area (Å²) in [6.07, 6.45) is 0.893. The van der Waals surface area contributed by atoms with E-state index in [-0.39, 0.29) is 29.1 Å². The second-order valence-corrected chi connectivity index (χ2v) is 7.13. The van der Waals surface area contributed by atoms with Gasteiger partial charge in [-0.15, -0.1) is 0 Å². The predicted octanol–water partition coefficient (Wildman–Crippen LogP) is 1.82. The van der Waals surface area contributed by atoms with Crippen molar-refractivity contribution in [1.82, 2.24) is 4.90 Å². The first-order chi connectivity index (χ1) is 8.57. The van der Waals surface area contributed by atoms with Crippen LogP contribution < -0.4 is 5.73 Å². The van der Waals surface area contributed by atoms with Crippen LogP contribution in [0.2, 0.25) is 0 Å². The van der Waals surface area contributed by atoms with Gasteiger partial charge in [0.1, 0.15) is 0 Å². The largest absolute Gasteiger partial charge is 0.331 e. The van der Waals surface area contributed by atoms with Gasteiger partial charge in [-0.3, -0.25) is 9.59 Å². The second-order valence-electron chi connectivity index (χ2n) is 7.13. The lowest BCUT2D eigenvalue weighted by molar-refractivity contribution is -0.141. The van der Waals surface area contributed by atoms with Crippen molar-refractivity contribution >= 4 is 11.7 Å². The molecule has 1 aliphatic heterocycles. The lowest BCUT2D eigenvalue weighted by Crippen LogP contribution is -2.54. The van der Waals surface area contributed by atoms with Crippen molar-refractivity contribution in [2.24, 2.45) is 23.0 Å². The molecule has 1 rings (SSSR count). The molecule has 0 spiro atoms. The summed E-state index contributed by atoms with van der Waals surface area (Å²) in [5, 5.41) is 0. The summed E-state index contributed by atoms with van der Waals surface area (Å²) in [5.41, 5.74) is 5.77. The Labute approximate surface area is 116 Å². The summed E-state index contributed by atoms with van der Waals surface area (Å²) in [5.74, 6) is 0.646. The van der Waals surface area contributed by atoms with Crippen LogP contribution in [-0.2, 0) is 9.59 Å². The number of carbonyl (C=O) groups is 2. The molecule has 19 heavy (non-hydrogen) atoms. The fourth-order valence-corrected chi connectivity index (χ4v) is 2.83. The Balaban J connectivity index is 2.94. The topological polar surface area (TPSA) is 63.4 Å². The fraction of sp³-hybridized carbons (Fsp3) is 0.867. The summed E-state index contributed by atoms with van der Waals surface area (Å²) in [6.45, 7) is 12.3. The van der Waals surface area contributed by atoms with Crippen LogP contribution in [0.4, 0.5) is 0 Å². The van der Waals surface area contributed by atoms with E-state index in [9.17, 15) is 9.59 Å². The van der Waals surface area contributed by atoms with Gasteiger partial charge in [-0.05, 0) is 30.6 Å². The highest BCUT2D eigenvalue weighted by Gasteiger charge is 2.44. The molecule has 4 nitrogen and oxygen atoms in total. The first-order valence-corrected chi connectivity index (χ1v) is 7.14. The maximum absolute atomic E-state index is 12.5. The Morgan fingerprint density at radius 2 is 1.79 bits per heavy atom. The van der Waals surface area contributed by atoms with Crippen LogP contribution in [0.5, 0.6) is 0 Å². The fourth-order valence-electron chi connectivity index (χ4n) is 2.83. The van der Waals surface area contributed by atoms with E-state index in [1.165, 1.54) is 0 Å². The van der Waals surface area contributed by atoms with Crippen molar-refractivity contribution in [1.29, 1.82) is 0 Å². The smallest absolute Gasteiger partial charge is 0.240 e. The van der Waals surface area contributed by atoms with Crippen LogP contribution in [-0.4, -0.2) is 35.2 Å². The van der Waals surface area contributed by atoms with Crippen molar-refractivity contribution in [2.75, 3.05) is 6.54 Å². The minimum atomic E-state index is -0.555. The van der Waals surface area contributed by atoms with Gasteiger partial charge in [0.25, 0.3) is 0 Å². The van der Waals surface area contributed by atoms with E-state index in [2.05, 4.69) is 13.8 Å². The molecular formula is C15H28N2O2. The molecule has 2 N–H and O–H groups in total. The highest BCUT2D eigenvalue weighted by Crippen LogP contribution is 2.32. The Bertz CT molecular complexity index is 358. The average molecular weight is 268 g/mol. The van der Waals surface area contributed by atoms with Crippen LogP contribution in [0.1, 0.15) is 48.0 Å². The van der Waals surface area contributed by atoms with Crippen molar-refractivity contribution in [3.63, 3.8) is 0 Å². The molecule has 4 heteroatoms. The molecule has 0 bridgehead atoms. The molecule has 1 fully saturated rings. The minimum Gasteiger partial charge on any atom is -0.331 e. The van der Waals surface area contributed by atoms with Crippen LogP contribution in [0, 0.1) is 17.3 Å². The van der Waals surface area contributed by atoms with Gasteiger partial charge in [-0.25, -0.2) is 0 Å². The van der Waals surface area contributed by atoms with E-state index in [1.54, 1.807) is 11.8 Å². The van der Waals surface area contributed by atoms with E-state index in [4.69, 9.17) is 5.73 Å². The summed E-state index contributed by atoms with van der Waals surface area (Å²) in [4.78, 5) is 26.1. The number of amides is 1. The van der Waals surface area contributed by atoms with Gasteiger partial charge in [0.05, 0.1) is 12.1 Å². The van der Waals surface area contributed by atoms with Gasteiger partial charge in [0.2, 0.25) is 5.91 Å². The average Bonchev–Trinajstić information content (AvgIpc) is 2.70. The molecule has 1 aliphatic rings. The lowest BCUT2D eigenvalue weighted by atomic mass is 9.85. The summed E-state index contributed by atoms with van der Waals surface area (Å²) >= 11 is 0. The number of nitrogens with zero attached hydrogens (tertiary/aromatic N) is 1. The lowest BCUT2D eigenvalue weighted by Gasteiger charge is -2.34. The van der Waals surface area contributed by atoms with E-state index in [0.717, 1.165) is 6.42 Å². The van der Waals surface area contributed by atoms with Gasteiger partial charge in [-0.2, -0.15) is 0 Å². The van der Waals surface area contributed by atoms with E-state index < -0.39 is 6.04 Å². The normalized spacial score (nSPS) is 25.8. The van der Waals surface area contributed by atoms with Crippen molar-refractivity contribution in [3.8, 4) is 0 Å². The molecule has 0 aliphatic carbocycles. The van der Waals surface area contributed by atoms with E-state index >= 15 is 0 Å². The summed E-state index contributed by atoms with van der Waals surface area (Å²) < 4.78 is 0. The van der Waals surface area contributed by atoms with Crippen LogP contribution in [0.3, 0.4) is 0 Å². The quantitative estimate of drug-likeness (QED) is 0.849. The molecule has 3 atom stereocenters. The zero-order chi connectivity index (χ0) is 15.0. The second kappa shape index (κ2) is 5.61. The number of Topliss-reactive ketones (excluding diaryl/α,β-unsaturated/α-hetero) is 1. The Hall–Kier alpha value is -0.900. The number of rotatable bonds is 3. The number of hydrogen-bond donors (Lipinski definition) is 1. The van der Waals surface area contributed by atoms with Crippen molar-refractivity contribution in [2.45, 2.75) is 60.0 Å². The number of hydrogen-bond acceptors (Lipinski definition) is 3. The van der Waals surface area contributed by atoms with Gasteiger partial charge < -0.3 is 10.6 Å². The third kappa shape index (κ3) is 3.35. The van der Waals surface area contributed by atoms with Gasteiger partial charge in [0.15, 0.2) is 5.78 Å². The van der Waals surface area contributed by atoms with Gasteiger partial charge in [-0.1, -0.05) is 34.6 Å². The van der Waals surface area contributed by atoms with Crippen LogP contribution >= 0.6 is 0 Å². The Morgan fingerprint density at radius 3 is 2.16 bits per heavy atom. The number of ketones is 1. The number of carbonyl (C=O) groups excluding carboxylic acids is 2. The molecule has 1 amide bonds. The Kier molecular flexibility index (Phi) is 4.77. The molecule has 0 aromatic rings. The van der Waals surface area contributed by atoms with Gasteiger partial charge >= 0.3 is 0 Å². The zero-order valence-corrected chi connectivity index (χ0v) is 13.1. The molecule has 1 heterocycles. The zero-order valence-electron chi connectivity index (χ0n) is 13.1. The number of nitrogens with two attached hydrogens (primary N) is 1. The first kappa shape index (κ1) is 16.2. The molecule has 0 saturated carbocycles. The molecule has 0 aromatic heterocycles. The van der Waals surface area contributed by atoms with E-state index in [1.807, 2.05) is 20.8 Å². The van der Waals surface area contributed by atoms with Gasteiger partial charge in [0, 0.05) is 6.54 Å². The van der Waals surface area contributed by atoms with E-state index in [0.29, 0.717) is 12.5 Å². The molecule has 0 aromatic carbocycles.